The molecule has 4 heteroatoms. The van der Waals surface area contributed by atoms with Crippen molar-refractivity contribution in [2.24, 2.45) is 5.92 Å². The van der Waals surface area contributed by atoms with Crippen molar-refractivity contribution in [1.82, 2.24) is 10.6 Å². The number of aliphatic hydroxyl groups excluding tert-OH is 1. The number of rotatable bonds is 6. The van der Waals surface area contributed by atoms with Gasteiger partial charge in [-0.15, -0.1) is 0 Å². The minimum atomic E-state index is -0.458. The molecule has 0 aliphatic carbocycles. The highest BCUT2D eigenvalue weighted by Crippen LogP contribution is 2.16. The number of fused-ring (bicyclic) bond motifs is 1. The fourth-order valence-corrected chi connectivity index (χ4v) is 2.97. The van der Waals surface area contributed by atoms with Crippen LogP contribution in [0.1, 0.15) is 37.8 Å². The van der Waals surface area contributed by atoms with Gasteiger partial charge in [0.25, 0.3) is 0 Å². The Labute approximate surface area is 126 Å². The second-order valence-electron chi connectivity index (χ2n) is 5.80. The molecule has 0 radical (unpaired) electrons. The van der Waals surface area contributed by atoms with Crippen LogP contribution in [0.25, 0.3) is 0 Å². The molecule has 4 nitrogen and oxygen atoms in total. The summed E-state index contributed by atoms with van der Waals surface area (Å²) in [7, 11) is 0. The van der Waals surface area contributed by atoms with Crippen LogP contribution < -0.4 is 10.6 Å². The lowest BCUT2D eigenvalue weighted by molar-refractivity contribution is -0.124. The Morgan fingerprint density at radius 3 is 2.67 bits per heavy atom. The van der Waals surface area contributed by atoms with Gasteiger partial charge in [-0.3, -0.25) is 4.79 Å². The molecule has 1 amide bonds. The number of hydrogen-bond donors (Lipinski definition) is 3. The molecular weight excluding hydrogens is 264 g/mol. The molecule has 1 unspecified atom stereocenters. The topological polar surface area (TPSA) is 61.4 Å². The van der Waals surface area contributed by atoms with Gasteiger partial charge in [0.15, 0.2) is 0 Å². The van der Waals surface area contributed by atoms with Crippen molar-refractivity contribution in [3.63, 3.8) is 0 Å². The zero-order chi connectivity index (χ0) is 15.2. The van der Waals surface area contributed by atoms with Gasteiger partial charge < -0.3 is 15.7 Å². The average molecular weight is 290 g/mol. The highest BCUT2D eigenvalue weighted by molar-refractivity contribution is 5.82. The third-order valence-electron chi connectivity index (χ3n) is 4.48. The van der Waals surface area contributed by atoms with Crippen LogP contribution in [-0.4, -0.2) is 29.7 Å². The summed E-state index contributed by atoms with van der Waals surface area (Å²) in [4.78, 5) is 12.2. The largest absolute Gasteiger partial charge is 0.391 e. The van der Waals surface area contributed by atoms with Crippen LogP contribution in [0.2, 0.25) is 0 Å². The van der Waals surface area contributed by atoms with Gasteiger partial charge in [0, 0.05) is 13.1 Å². The van der Waals surface area contributed by atoms with Crippen LogP contribution in [0.5, 0.6) is 0 Å². The monoisotopic (exact) mass is 290 g/mol. The molecule has 0 saturated heterocycles. The minimum Gasteiger partial charge on any atom is -0.391 e. The lowest BCUT2D eigenvalue weighted by Gasteiger charge is -2.26. The number of carbonyl (C=O) groups is 1. The smallest absolute Gasteiger partial charge is 0.237 e. The van der Waals surface area contributed by atoms with E-state index in [-0.39, 0.29) is 17.9 Å². The van der Waals surface area contributed by atoms with Crippen molar-refractivity contribution in [2.75, 3.05) is 6.54 Å². The van der Waals surface area contributed by atoms with Gasteiger partial charge >= 0.3 is 0 Å². The van der Waals surface area contributed by atoms with E-state index in [1.165, 1.54) is 11.1 Å². The van der Waals surface area contributed by atoms with Gasteiger partial charge in [-0.2, -0.15) is 0 Å². The highest BCUT2D eigenvalue weighted by atomic mass is 16.3. The fraction of sp³-hybridized carbons (Fsp3) is 0.588. The molecular formula is C17H26N2O2. The van der Waals surface area contributed by atoms with Crippen molar-refractivity contribution < 1.29 is 9.90 Å². The predicted molar refractivity (Wildman–Crippen MR) is 83.9 cm³/mol. The number of benzene rings is 1. The molecule has 2 atom stereocenters. The highest BCUT2D eigenvalue weighted by Gasteiger charge is 2.24. The Kier molecular flexibility index (Phi) is 5.76. The summed E-state index contributed by atoms with van der Waals surface area (Å²) in [6.45, 7) is 5.20. The second kappa shape index (κ2) is 7.57. The summed E-state index contributed by atoms with van der Waals surface area (Å²) < 4.78 is 0. The van der Waals surface area contributed by atoms with E-state index < -0.39 is 6.10 Å². The number of hydrogen-bond acceptors (Lipinski definition) is 3. The van der Waals surface area contributed by atoms with E-state index in [4.69, 9.17) is 0 Å². The summed E-state index contributed by atoms with van der Waals surface area (Å²) in [6, 6.07) is 8.00. The summed E-state index contributed by atoms with van der Waals surface area (Å²) in [5.41, 5.74) is 2.50. The molecule has 0 saturated carbocycles. The van der Waals surface area contributed by atoms with E-state index in [1.54, 1.807) is 0 Å². The Hall–Kier alpha value is -1.39. The van der Waals surface area contributed by atoms with Crippen molar-refractivity contribution in [1.29, 1.82) is 0 Å². The number of aliphatic hydroxyl groups is 1. The zero-order valence-corrected chi connectivity index (χ0v) is 12.9. The first-order valence-corrected chi connectivity index (χ1v) is 7.91. The molecule has 1 aromatic rings. The fourth-order valence-electron chi connectivity index (χ4n) is 2.97. The molecule has 1 heterocycles. The van der Waals surface area contributed by atoms with Crippen LogP contribution in [0.4, 0.5) is 0 Å². The van der Waals surface area contributed by atoms with Gasteiger partial charge in [-0.1, -0.05) is 51.0 Å². The molecule has 0 spiro atoms. The predicted octanol–water partition coefficient (Wildman–Crippen LogP) is 1.61. The second-order valence-corrected chi connectivity index (χ2v) is 5.80. The van der Waals surface area contributed by atoms with Crippen LogP contribution in [0, 0.1) is 5.92 Å². The van der Waals surface area contributed by atoms with Crippen LogP contribution in [0.3, 0.4) is 0 Å². The quantitative estimate of drug-likeness (QED) is 0.746. The van der Waals surface area contributed by atoms with E-state index in [9.17, 15) is 9.90 Å². The molecule has 2 rings (SSSR count). The van der Waals surface area contributed by atoms with E-state index in [0.717, 1.165) is 19.4 Å². The number of carbonyl (C=O) groups excluding carboxylic acids is 1. The van der Waals surface area contributed by atoms with Crippen molar-refractivity contribution >= 4 is 5.91 Å². The molecule has 1 aromatic carbocycles. The van der Waals surface area contributed by atoms with Gasteiger partial charge in [0.2, 0.25) is 5.91 Å². The van der Waals surface area contributed by atoms with E-state index >= 15 is 0 Å². The zero-order valence-electron chi connectivity index (χ0n) is 12.9. The summed E-state index contributed by atoms with van der Waals surface area (Å²) in [5, 5.41) is 16.2. The van der Waals surface area contributed by atoms with Crippen molar-refractivity contribution in [3.8, 4) is 0 Å². The molecule has 116 valence electrons. The Morgan fingerprint density at radius 1 is 1.33 bits per heavy atom. The van der Waals surface area contributed by atoms with Gasteiger partial charge in [0.1, 0.15) is 0 Å². The molecule has 1 aliphatic heterocycles. The Morgan fingerprint density at radius 2 is 2.00 bits per heavy atom. The average Bonchev–Trinajstić information content (AvgIpc) is 2.53. The molecule has 0 aromatic heterocycles. The van der Waals surface area contributed by atoms with Gasteiger partial charge in [-0.25, -0.2) is 0 Å². The van der Waals surface area contributed by atoms with Crippen LogP contribution >= 0.6 is 0 Å². The maximum Gasteiger partial charge on any atom is 0.237 e. The standard InChI is InChI=1S/C17H26N2O2/c1-3-12(4-2)16(20)11-19-17(21)15-9-13-7-5-6-8-14(13)10-18-15/h5-8,12,15-16,18,20H,3-4,9-11H2,1-2H3,(H,19,21)/t15-,16?/m0/s1. The maximum atomic E-state index is 12.2. The van der Waals surface area contributed by atoms with Crippen LogP contribution in [0.15, 0.2) is 24.3 Å². The molecule has 3 N–H and O–H groups in total. The lowest BCUT2D eigenvalue weighted by Crippen LogP contribution is -2.49. The van der Waals surface area contributed by atoms with Gasteiger partial charge in [0.05, 0.1) is 12.1 Å². The van der Waals surface area contributed by atoms with Gasteiger partial charge in [-0.05, 0) is 23.5 Å². The van der Waals surface area contributed by atoms with Crippen LogP contribution in [-0.2, 0) is 17.8 Å². The van der Waals surface area contributed by atoms with Crippen molar-refractivity contribution in [3.05, 3.63) is 35.4 Å². The summed E-state index contributed by atoms with van der Waals surface area (Å²) in [5.74, 6) is 0.236. The SMILES string of the molecule is CCC(CC)C(O)CNC(=O)[C@@H]1Cc2ccccc2CN1. The first-order chi connectivity index (χ1) is 10.2. The maximum absolute atomic E-state index is 12.2. The van der Waals surface area contributed by atoms with Crippen molar-refractivity contribution in [2.45, 2.75) is 51.8 Å². The number of nitrogens with one attached hydrogen (secondary N) is 2. The van der Waals surface area contributed by atoms with E-state index in [0.29, 0.717) is 13.0 Å². The number of amides is 1. The Balaban J connectivity index is 1.85. The lowest BCUT2D eigenvalue weighted by atomic mass is 9.94. The third kappa shape index (κ3) is 4.05. The normalized spacial score (nSPS) is 19.1. The third-order valence-corrected chi connectivity index (χ3v) is 4.48. The summed E-state index contributed by atoms with van der Waals surface area (Å²) >= 11 is 0. The minimum absolute atomic E-state index is 0.0190. The molecule has 0 fully saturated rings. The molecule has 0 bridgehead atoms. The first-order valence-electron chi connectivity index (χ1n) is 7.91. The van der Waals surface area contributed by atoms with E-state index in [1.807, 2.05) is 12.1 Å². The molecule has 1 aliphatic rings. The Bertz CT molecular complexity index is 472. The van der Waals surface area contributed by atoms with E-state index in [2.05, 4.69) is 36.6 Å². The first kappa shape index (κ1) is 16.0. The molecule has 21 heavy (non-hydrogen) atoms. The summed E-state index contributed by atoms with van der Waals surface area (Å²) in [6.07, 6.45) is 2.12.